The summed E-state index contributed by atoms with van der Waals surface area (Å²) in [7, 11) is 0. The van der Waals surface area contributed by atoms with Crippen molar-refractivity contribution in [2.75, 3.05) is 0 Å². The highest BCUT2D eigenvalue weighted by Crippen LogP contribution is 2.39. The smallest absolute Gasteiger partial charge is 0.122 e. The Bertz CT molecular complexity index is 243. The predicted molar refractivity (Wildman–Crippen MR) is 56.5 cm³/mol. The summed E-state index contributed by atoms with van der Waals surface area (Å²) in [5.41, 5.74) is 4.03. The highest BCUT2D eigenvalue weighted by Gasteiger charge is 2.33. The van der Waals surface area contributed by atoms with Gasteiger partial charge in [0.15, 0.2) is 0 Å². The summed E-state index contributed by atoms with van der Waals surface area (Å²) in [5.74, 6) is 1.12. The first-order chi connectivity index (χ1) is 5.83. The van der Waals surface area contributed by atoms with E-state index in [2.05, 4.69) is 41.5 Å². The molecule has 1 nitrogen and oxygen atoms in total. The van der Waals surface area contributed by atoms with Crippen LogP contribution in [0.3, 0.4) is 0 Å². The third-order valence-electron chi connectivity index (χ3n) is 2.31. The fourth-order valence-corrected chi connectivity index (χ4v) is 1.69. The van der Waals surface area contributed by atoms with E-state index in [1.165, 1.54) is 16.7 Å². The van der Waals surface area contributed by atoms with Crippen LogP contribution in [-0.4, -0.2) is 5.60 Å². The topological polar surface area (TPSA) is 9.23 Å². The number of allylic oxidation sites excluding steroid dienone is 3. The lowest BCUT2D eigenvalue weighted by Crippen LogP contribution is -2.16. The van der Waals surface area contributed by atoms with Crippen LogP contribution in [0, 0.1) is 0 Å². The summed E-state index contributed by atoms with van der Waals surface area (Å²) >= 11 is 0. The average Bonchev–Trinajstić information content (AvgIpc) is 2.26. The molecular formula is C12H20O. The number of hydrogen-bond donors (Lipinski definition) is 0. The third kappa shape index (κ3) is 2.15. The Morgan fingerprint density at radius 3 is 1.92 bits per heavy atom. The minimum absolute atomic E-state index is 0.0147. The van der Waals surface area contributed by atoms with Crippen molar-refractivity contribution in [3.8, 4) is 0 Å². The maximum Gasteiger partial charge on any atom is 0.122 e. The lowest BCUT2D eigenvalue weighted by atomic mass is 9.97. The summed E-state index contributed by atoms with van der Waals surface area (Å²) in [5, 5.41) is 0. The van der Waals surface area contributed by atoms with E-state index in [0.29, 0.717) is 0 Å². The zero-order chi connectivity index (χ0) is 10.2. The fraction of sp³-hybridized carbons (Fsp3) is 0.667. The molecule has 0 aromatic carbocycles. The average molecular weight is 180 g/mol. The SMILES string of the molecule is CC(C)=C1CC(C)(C)OC1=C(C)C. The Morgan fingerprint density at radius 2 is 1.62 bits per heavy atom. The molecule has 0 unspecified atom stereocenters. The van der Waals surface area contributed by atoms with E-state index in [-0.39, 0.29) is 5.60 Å². The molecule has 0 atom stereocenters. The first-order valence-electron chi connectivity index (χ1n) is 4.87. The van der Waals surface area contributed by atoms with Gasteiger partial charge in [0.1, 0.15) is 11.4 Å². The van der Waals surface area contributed by atoms with Gasteiger partial charge in [-0.25, -0.2) is 0 Å². The highest BCUT2D eigenvalue weighted by molar-refractivity contribution is 5.37. The zero-order valence-electron chi connectivity index (χ0n) is 9.62. The van der Waals surface area contributed by atoms with Gasteiger partial charge in [0.2, 0.25) is 0 Å². The minimum Gasteiger partial charge on any atom is -0.487 e. The number of ether oxygens (including phenoxy) is 1. The van der Waals surface area contributed by atoms with E-state index < -0.39 is 0 Å². The van der Waals surface area contributed by atoms with Crippen molar-refractivity contribution < 1.29 is 4.74 Å². The van der Waals surface area contributed by atoms with Crippen LogP contribution in [0.2, 0.25) is 0 Å². The second kappa shape index (κ2) is 3.21. The molecule has 0 radical (unpaired) electrons. The molecule has 0 spiro atoms. The summed E-state index contributed by atoms with van der Waals surface area (Å²) in [4.78, 5) is 0. The monoisotopic (exact) mass is 180 g/mol. The van der Waals surface area contributed by atoms with Gasteiger partial charge >= 0.3 is 0 Å². The minimum atomic E-state index is -0.0147. The van der Waals surface area contributed by atoms with Crippen LogP contribution in [0.5, 0.6) is 0 Å². The molecule has 0 N–H and O–H groups in total. The maximum absolute atomic E-state index is 5.91. The van der Waals surface area contributed by atoms with Crippen molar-refractivity contribution >= 4 is 0 Å². The van der Waals surface area contributed by atoms with Crippen LogP contribution < -0.4 is 0 Å². The second-order valence-electron chi connectivity index (χ2n) is 4.85. The lowest BCUT2D eigenvalue weighted by molar-refractivity contribution is 0.0750. The Hall–Kier alpha value is -0.720. The Morgan fingerprint density at radius 1 is 1.08 bits per heavy atom. The van der Waals surface area contributed by atoms with Gasteiger partial charge in [-0.3, -0.25) is 0 Å². The molecule has 0 saturated carbocycles. The largest absolute Gasteiger partial charge is 0.487 e. The first kappa shape index (κ1) is 10.4. The molecule has 0 aliphatic carbocycles. The van der Waals surface area contributed by atoms with E-state index in [4.69, 9.17) is 4.74 Å². The summed E-state index contributed by atoms with van der Waals surface area (Å²) in [6.07, 6.45) is 1.04. The lowest BCUT2D eigenvalue weighted by Gasteiger charge is -2.16. The molecule has 1 saturated heterocycles. The number of hydrogen-bond acceptors (Lipinski definition) is 1. The van der Waals surface area contributed by atoms with Crippen LogP contribution in [-0.2, 0) is 4.74 Å². The van der Waals surface area contributed by atoms with Crippen LogP contribution in [0.1, 0.15) is 48.0 Å². The van der Waals surface area contributed by atoms with Gasteiger partial charge in [0.25, 0.3) is 0 Å². The molecule has 74 valence electrons. The zero-order valence-corrected chi connectivity index (χ0v) is 9.62. The molecule has 1 heteroatoms. The van der Waals surface area contributed by atoms with Gasteiger partial charge < -0.3 is 4.74 Å². The van der Waals surface area contributed by atoms with Crippen LogP contribution in [0.25, 0.3) is 0 Å². The summed E-state index contributed by atoms with van der Waals surface area (Å²) in [6.45, 7) is 12.8. The van der Waals surface area contributed by atoms with Crippen molar-refractivity contribution in [3.05, 3.63) is 22.5 Å². The van der Waals surface area contributed by atoms with E-state index in [1.54, 1.807) is 0 Å². The summed E-state index contributed by atoms with van der Waals surface area (Å²) in [6, 6.07) is 0. The fourth-order valence-electron chi connectivity index (χ4n) is 1.69. The molecule has 1 heterocycles. The second-order valence-corrected chi connectivity index (χ2v) is 4.85. The Kier molecular flexibility index (Phi) is 2.56. The molecule has 1 aliphatic rings. The third-order valence-corrected chi connectivity index (χ3v) is 2.31. The van der Waals surface area contributed by atoms with Crippen molar-refractivity contribution in [1.29, 1.82) is 0 Å². The molecule has 1 aliphatic heterocycles. The number of rotatable bonds is 0. The normalized spacial score (nSPS) is 20.2. The van der Waals surface area contributed by atoms with Crippen molar-refractivity contribution in [1.82, 2.24) is 0 Å². The van der Waals surface area contributed by atoms with Crippen molar-refractivity contribution in [2.45, 2.75) is 53.6 Å². The molecular weight excluding hydrogens is 160 g/mol. The Balaban J connectivity index is 3.14. The molecule has 0 amide bonds. The predicted octanol–water partition coefficient (Wildman–Crippen LogP) is 3.82. The molecule has 1 rings (SSSR count). The quantitative estimate of drug-likeness (QED) is 0.550. The van der Waals surface area contributed by atoms with Gasteiger partial charge in [0.05, 0.1) is 0 Å². The van der Waals surface area contributed by atoms with Crippen molar-refractivity contribution in [3.63, 3.8) is 0 Å². The maximum atomic E-state index is 5.91. The van der Waals surface area contributed by atoms with Gasteiger partial charge in [-0.15, -0.1) is 0 Å². The first-order valence-corrected chi connectivity index (χ1v) is 4.87. The van der Waals surface area contributed by atoms with E-state index >= 15 is 0 Å². The van der Waals surface area contributed by atoms with E-state index in [9.17, 15) is 0 Å². The Labute approximate surface area is 81.5 Å². The highest BCUT2D eigenvalue weighted by atomic mass is 16.5. The van der Waals surface area contributed by atoms with Crippen LogP contribution >= 0.6 is 0 Å². The van der Waals surface area contributed by atoms with E-state index in [1.807, 2.05) is 0 Å². The molecule has 0 bridgehead atoms. The molecule has 0 aromatic rings. The van der Waals surface area contributed by atoms with Crippen LogP contribution in [0.15, 0.2) is 22.5 Å². The molecule has 0 aromatic heterocycles. The molecule has 13 heavy (non-hydrogen) atoms. The van der Waals surface area contributed by atoms with Crippen molar-refractivity contribution in [2.24, 2.45) is 0 Å². The molecule has 1 fully saturated rings. The van der Waals surface area contributed by atoms with Gasteiger partial charge in [-0.2, -0.15) is 0 Å². The van der Waals surface area contributed by atoms with Crippen LogP contribution in [0.4, 0.5) is 0 Å². The van der Waals surface area contributed by atoms with Gasteiger partial charge in [-0.1, -0.05) is 5.57 Å². The standard InChI is InChI=1S/C12H20O/c1-8(2)10-7-12(5,6)13-11(10)9(3)4/h7H2,1-6H3. The van der Waals surface area contributed by atoms with E-state index in [0.717, 1.165) is 12.2 Å². The van der Waals surface area contributed by atoms with Gasteiger partial charge in [-0.05, 0) is 52.7 Å². The summed E-state index contributed by atoms with van der Waals surface area (Å²) < 4.78 is 5.91. The van der Waals surface area contributed by atoms with Gasteiger partial charge in [0, 0.05) is 6.42 Å².